The molecule has 5 nitrogen and oxygen atoms in total. The molecule has 1 fully saturated rings. The normalized spacial score (nSPS) is 17.0. The van der Waals surface area contributed by atoms with Gasteiger partial charge in [0.05, 0.1) is 11.3 Å². The molecule has 0 spiro atoms. The number of carbonyl (C=O) groups is 2. The first kappa shape index (κ1) is 15.8. The molecular weight excluding hydrogens is 336 g/mol. The van der Waals surface area contributed by atoms with Gasteiger partial charge in [-0.05, 0) is 38.0 Å². The third-order valence-electron chi connectivity index (χ3n) is 3.83. The monoisotopic (exact) mass is 354 g/mol. The zero-order chi connectivity index (χ0) is 15.5. The van der Waals surface area contributed by atoms with Crippen LogP contribution in [0.2, 0.25) is 0 Å². The predicted molar refractivity (Wildman–Crippen MR) is 84.7 cm³/mol. The first-order valence-electron chi connectivity index (χ1n) is 7.02. The number of hydrogen-bond donors (Lipinski definition) is 3. The Kier molecular flexibility index (Phi) is 4.88. The summed E-state index contributed by atoms with van der Waals surface area (Å²) in [6.45, 7) is 2.03. The zero-order valence-electron chi connectivity index (χ0n) is 11.9. The second-order valence-corrected chi connectivity index (χ2v) is 6.61. The quantitative estimate of drug-likeness (QED) is 0.767. The van der Waals surface area contributed by atoms with Crippen LogP contribution in [-0.2, 0) is 0 Å². The van der Waals surface area contributed by atoms with E-state index >= 15 is 0 Å². The summed E-state index contributed by atoms with van der Waals surface area (Å²) in [6, 6.07) is 4.39. The number of urea groups is 1. The Bertz CT molecular complexity index is 554. The SMILES string of the molecule is CC1(NC(=O)Nc2ccc(Br)cc2C(=O)O)CCCCC1. The van der Waals surface area contributed by atoms with Crippen LogP contribution in [0.5, 0.6) is 0 Å². The molecule has 0 aromatic heterocycles. The second kappa shape index (κ2) is 6.47. The lowest BCUT2D eigenvalue weighted by Gasteiger charge is -2.34. The minimum absolute atomic E-state index is 0.0633. The van der Waals surface area contributed by atoms with E-state index in [-0.39, 0.29) is 17.1 Å². The fourth-order valence-corrected chi connectivity index (χ4v) is 3.05. The molecule has 1 aromatic rings. The minimum Gasteiger partial charge on any atom is -0.478 e. The van der Waals surface area contributed by atoms with Gasteiger partial charge in [-0.1, -0.05) is 35.2 Å². The molecule has 0 bridgehead atoms. The summed E-state index contributed by atoms with van der Waals surface area (Å²) >= 11 is 3.23. The molecule has 0 atom stereocenters. The van der Waals surface area contributed by atoms with Crippen LogP contribution in [0, 0.1) is 0 Å². The summed E-state index contributed by atoms with van der Waals surface area (Å²) in [5.41, 5.74) is 0.150. The van der Waals surface area contributed by atoms with Gasteiger partial charge in [-0.2, -0.15) is 0 Å². The maximum absolute atomic E-state index is 12.1. The van der Waals surface area contributed by atoms with Crippen LogP contribution < -0.4 is 10.6 Å². The van der Waals surface area contributed by atoms with Crippen molar-refractivity contribution in [1.29, 1.82) is 0 Å². The van der Waals surface area contributed by atoms with Gasteiger partial charge >= 0.3 is 12.0 Å². The van der Waals surface area contributed by atoms with Crippen LogP contribution in [-0.4, -0.2) is 22.6 Å². The Morgan fingerprint density at radius 1 is 1.24 bits per heavy atom. The molecule has 1 saturated carbocycles. The summed E-state index contributed by atoms with van der Waals surface area (Å²) in [4.78, 5) is 23.3. The zero-order valence-corrected chi connectivity index (χ0v) is 13.5. The summed E-state index contributed by atoms with van der Waals surface area (Å²) < 4.78 is 0.658. The molecule has 114 valence electrons. The molecule has 0 heterocycles. The number of nitrogens with one attached hydrogen (secondary N) is 2. The van der Waals surface area contributed by atoms with Gasteiger partial charge in [0.25, 0.3) is 0 Å². The molecule has 3 N–H and O–H groups in total. The van der Waals surface area contributed by atoms with Gasteiger partial charge in [0.2, 0.25) is 0 Å². The molecule has 2 amide bonds. The summed E-state index contributed by atoms with van der Waals surface area (Å²) in [7, 11) is 0. The van der Waals surface area contributed by atoms with Crippen molar-refractivity contribution in [2.45, 2.75) is 44.6 Å². The molecule has 0 unspecified atom stereocenters. The number of hydrogen-bond acceptors (Lipinski definition) is 2. The van der Waals surface area contributed by atoms with Crippen LogP contribution in [0.1, 0.15) is 49.4 Å². The molecule has 0 radical (unpaired) electrons. The van der Waals surface area contributed by atoms with Gasteiger partial charge < -0.3 is 15.7 Å². The highest BCUT2D eigenvalue weighted by atomic mass is 79.9. The number of aromatic carboxylic acids is 1. The van der Waals surface area contributed by atoms with E-state index in [0.717, 1.165) is 25.7 Å². The number of benzene rings is 1. The largest absolute Gasteiger partial charge is 0.478 e. The average molecular weight is 355 g/mol. The third kappa shape index (κ3) is 4.20. The van der Waals surface area contributed by atoms with Crippen LogP contribution in [0.25, 0.3) is 0 Å². The van der Waals surface area contributed by atoms with Crippen molar-refractivity contribution in [3.8, 4) is 0 Å². The average Bonchev–Trinajstić information content (AvgIpc) is 2.40. The molecule has 1 aliphatic rings. The number of amides is 2. The number of anilines is 1. The van der Waals surface area contributed by atoms with Crippen molar-refractivity contribution in [3.05, 3.63) is 28.2 Å². The number of carboxylic acid groups (broad SMARTS) is 1. The van der Waals surface area contributed by atoms with Gasteiger partial charge in [-0.25, -0.2) is 9.59 Å². The molecular formula is C15H19BrN2O3. The standard InChI is InChI=1S/C15H19BrN2O3/c1-15(7-3-2-4-8-15)18-14(21)17-12-6-5-10(16)9-11(12)13(19)20/h5-6,9H,2-4,7-8H2,1H3,(H,19,20)(H2,17,18,21). The summed E-state index contributed by atoms with van der Waals surface area (Å²) in [6.07, 6.45) is 5.32. The molecule has 21 heavy (non-hydrogen) atoms. The van der Waals surface area contributed by atoms with Crippen molar-refractivity contribution in [1.82, 2.24) is 5.32 Å². The highest BCUT2D eigenvalue weighted by Crippen LogP contribution is 2.28. The first-order valence-corrected chi connectivity index (χ1v) is 7.81. The molecule has 1 aliphatic carbocycles. The smallest absolute Gasteiger partial charge is 0.337 e. The number of carboxylic acids is 1. The fourth-order valence-electron chi connectivity index (χ4n) is 2.69. The van der Waals surface area contributed by atoms with Crippen molar-refractivity contribution in [3.63, 3.8) is 0 Å². The summed E-state index contributed by atoms with van der Waals surface area (Å²) in [5.74, 6) is -1.07. The van der Waals surface area contributed by atoms with E-state index in [1.165, 1.54) is 12.5 Å². The first-order chi connectivity index (χ1) is 9.89. The van der Waals surface area contributed by atoms with E-state index in [9.17, 15) is 14.7 Å². The molecule has 6 heteroatoms. The van der Waals surface area contributed by atoms with Gasteiger partial charge in [-0.3, -0.25) is 0 Å². The van der Waals surface area contributed by atoms with E-state index in [0.29, 0.717) is 10.2 Å². The van der Waals surface area contributed by atoms with Gasteiger partial charge in [-0.15, -0.1) is 0 Å². The predicted octanol–water partition coefficient (Wildman–Crippen LogP) is 3.99. The topological polar surface area (TPSA) is 78.4 Å². The maximum Gasteiger partial charge on any atom is 0.337 e. The van der Waals surface area contributed by atoms with E-state index in [1.54, 1.807) is 12.1 Å². The number of carbonyl (C=O) groups excluding carboxylic acids is 1. The van der Waals surface area contributed by atoms with E-state index in [2.05, 4.69) is 26.6 Å². The van der Waals surface area contributed by atoms with Gasteiger partial charge in [0, 0.05) is 10.0 Å². The van der Waals surface area contributed by atoms with Crippen LogP contribution in [0.15, 0.2) is 22.7 Å². The maximum atomic E-state index is 12.1. The molecule has 1 aromatic carbocycles. The lowest BCUT2D eigenvalue weighted by Crippen LogP contribution is -2.49. The Morgan fingerprint density at radius 3 is 2.52 bits per heavy atom. The highest BCUT2D eigenvalue weighted by molar-refractivity contribution is 9.10. The van der Waals surface area contributed by atoms with E-state index in [1.807, 2.05) is 6.92 Å². The molecule has 2 rings (SSSR count). The van der Waals surface area contributed by atoms with Crippen LogP contribution in [0.4, 0.5) is 10.5 Å². The Morgan fingerprint density at radius 2 is 1.90 bits per heavy atom. The Hall–Kier alpha value is -1.56. The molecule has 0 saturated heterocycles. The number of halogens is 1. The lowest BCUT2D eigenvalue weighted by molar-refractivity contribution is 0.0698. The van der Waals surface area contributed by atoms with Crippen molar-refractivity contribution < 1.29 is 14.7 Å². The molecule has 0 aliphatic heterocycles. The second-order valence-electron chi connectivity index (χ2n) is 5.70. The number of rotatable bonds is 3. The van der Waals surface area contributed by atoms with Crippen LogP contribution in [0.3, 0.4) is 0 Å². The van der Waals surface area contributed by atoms with Crippen LogP contribution >= 0.6 is 15.9 Å². The van der Waals surface area contributed by atoms with E-state index in [4.69, 9.17) is 0 Å². The Balaban J connectivity index is 2.07. The Labute approximate surface area is 132 Å². The minimum atomic E-state index is -1.07. The third-order valence-corrected chi connectivity index (χ3v) is 4.33. The highest BCUT2D eigenvalue weighted by Gasteiger charge is 2.28. The lowest BCUT2D eigenvalue weighted by atomic mass is 9.83. The van der Waals surface area contributed by atoms with Gasteiger partial charge in [0.1, 0.15) is 0 Å². The van der Waals surface area contributed by atoms with Crippen molar-refractivity contribution in [2.75, 3.05) is 5.32 Å². The van der Waals surface area contributed by atoms with E-state index < -0.39 is 5.97 Å². The van der Waals surface area contributed by atoms with Crippen molar-refractivity contribution in [2.24, 2.45) is 0 Å². The summed E-state index contributed by atoms with van der Waals surface area (Å²) in [5, 5.41) is 14.8. The van der Waals surface area contributed by atoms with Gasteiger partial charge in [0.15, 0.2) is 0 Å². The van der Waals surface area contributed by atoms with Crippen molar-refractivity contribution >= 4 is 33.6 Å². The fraction of sp³-hybridized carbons (Fsp3) is 0.467.